The van der Waals surface area contributed by atoms with E-state index in [0.29, 0.717) is 41.4 Å². The lowest BCUT2D eigenvalue weighted by molar-refractivity contribution is 0.0992. The molecule has 3 aromatic rings. The van der Waals surface area contributed by atoms with Gasteiger partial charge in [-0.3, -0.25) is 14.1 Å². The number of aliphatic hydroxyl groups excluding tert-OH is 1. The van der Waals surface area contributed by atoms with Gasteiger partial charge >= 0.3 is 0 Å². The lowest BCUT2D eigenvalue weighted by atomic mass is 9.91. The summed E-state index contributed by atoms with van der Waals surface area (Å²) in [5, 5.41) is 11.3. The van der Waals surface area contributed by atoms with Gasteiger partial charge in [0.1, 0.15) is 0 Å². The number of hydrogen-bond donors (Lipinski definition) is 1. The predicted octanol–water partition coefficient (Wildman–Crippen LogP) is 5.15. The molecule has 0 saturated carbocycles. The van der Waals surface area contributed by atoms with E-state index in [9.17, 15) is 18.3 Å². The number of benzene rings is 2. The van der Waals surface area contributed by atoms with Crippen molar-refractivity contribution >= 4 is 56.3 Å². The van der Waals surface area contributed by atoms with Crippen LogP contribution in [-0.4, -0.2) is 62.5 Å². The predicted molar refractivity (Wildman–Crippen MR) is 151 cm³/mol. The van der Waals surface area contributed by atoms with Gasteiger partial charge in [0, 0.05) is 30.7 Å². The number of pyridine rings is 1. The Balaban J connectivity index is 1.71. The minimum Gasteiger partial charge on any atom is -0.392 e. The van der Waals surface area contributed by atoms with E-state index in [4.69, 9.17) is 34.8 Å². The maximum Gasteiger partial charge on any atom is 0.264 e. The first kappa shape index (κ1) is 28.8. The van der Waals surface area contributed by atoms with E-state index in [2.05, 4.69) is 4.98 Å². The first-order chi connectivity index (χ1) is 18.0. The Bertz CT molecular complexity index is 1430. The number of carbonyl (C=O) groups is 1. The molecule has 1 aromatic heterocycles. The molecule has 7 nitrogen and oxygen atoms in total. The summed E-state index contributed by atoms with van der Waals surface area (Å²) >= 11 is 18.5. The number of carbonyl (C=O) groups excluding carboxylic acids is 1. The molecule has 2 atom stereocenters. The molecule has 1 aliphatic heterocycles. The van der Waals surface area contributed by atoms with E-state index in [1.165, 1.54) is 16.4 Å². The Labute approximate surface area is 238 Å². The summed E-state index contributed by atoms with van der Waals surface area (Å²) in [6, 6.07) is 12.6. The van der Waals surface area contributed by atoms with Gasteiger partial charge in [-0.05, 0) is 74.8 Å². The highest BCUT2D eigenvalue weighted by molar-refractivity contribution is 7.92. The summed E-state index contributed by atoms with van der Waals surface area (Å²) in [5.41, 5.74) is 1.73. The van der Waals surface area contributed by atoms with Crippen LogP contribution in [0.5, 0.6) is 0 Å². The minimum absolute atomic E-state index is 0.0507. The number of aliphatic hydroxyl groups is 1. The third-order valence-electron chi connectivity index (χ3n) is 6.35. The molecule has 0 radical (unpaired) electrons. The Kier molecular flexibility index (Phi) is 9.02. The van der Waals surface area contributed by atoms with Crippen molar-refractivity contribution in [1.29, 1.82) is 0 Å². The molecule has 0 spiro atoms. The van der Waals surface area contributed by atoms with E-state index >= 15 is 0 Å². The molecule has 202 valence electrons. The summed E-state index contributed by atoms with van der Waals surface area (Å²) in [7, 11) is -0.270. The average Bonchev–Trinajstić information content (AvgIpc) is 2.83. The van der Waals surface area contributed by atoms with Crippen LogP contribution in [-0.2, 0) is 22.9 Å². The number of rotatable bonds is 9. The van der Waals surface area contributed by atoms with E-state index in [1.54, 1.807) is 42.6 Å². The Hall–Kier alpha value is -2.20. The van der Waals surface area contributed by atoms with E-state index in [-0.39, 0.29) is 45.2 Å². The molecule has 2 heterocycles. The summed E-state index contributed by atoms with van der Waals surface area (Å²) < 4.78 is 29.0. The van der Waals surface area contributed by atoms with Crippen LogP contribution in [0.2, 0.25) is 15.1 Å². The van der Waals surface area contributed by atoms with Gasteiger partial charge in [-0.15, -0.1) is 0 Å². The second kappa shape index (κ2) is 11.9. The van der Waals surface area contributed by atoms with Gasteiger partial charge in [0.2, 0.25) is 0 Å². The fourth-order valence-electron chi connectivity index (χ4n) is 4.72. The highest BCUT2D eigenvalue weighted by Gasteiger charge is 2.35. The van der Waals surface area contributed by atoms with Gasteiger partial charge in [0.25, 0.3) is 10.0 Å². The first-order valence-electron chi connectivity index (χ1n) is 12.0. The lowest BCUT2D eigenvalue weighted by Crippen LogP contribution is -2.42. The third-order valence-corrected chi connectivity index (χ3v) is 8.99. The molecule has 38 heavy (non-hydrogen) atoms. The molecule has 11 heteroatoms. The van der Waals surface area contributed by atoms with Crippen molar-refractivity contribution in [3.05, 3.63) is 86.6 Å². The number of likely N-dealkylation sites (N-methyl/N-ethyl adjacent to an activating group) is 1. The zero-order valence-corrected chi connectivity index (χ0v) is 24.0. The molecule has 0 saturated heterocycles. The van der Waals surface area contributed by atoms with Crippen LogP contribution in [0, 0.1) is 5.92 Å². The van der Waals surface area contributed by atoms with Gasteiger partial charge in [-0.2, -0.15) is 0 Å². The zero-order valence-electron chi connectivity index (χ0n) is 20.9. The van der Waals surface area contributed by atoms with Crippen LogP contribution in [0.4, 0.5) is 5.69 Å². The minimum atomic E-state index is -4.01. The van der Waals surface area contributed by atoms with Gasteiger partial charge in [-0.1, -0.05) is 46.9 Å². The summed E-state index contributed by atoms with van der Waals surface area (Å²) in [6.07, 6.45) is 1.80. The molecule has 1 aliphatic rings. The number of sulfonamides is 1. The smallest absolute Gasteiger partial charge is 0.264 e. The Morgan fingerprint density at radius 3 is 2.47 bits per heavy atom. The van der Waals surface area contributed by atoms with Crippen molar-refractivity contribution in [2.75, 3.05) is 31.5 Å². The number of anilines is 1. The second-order valence-electron chi connectivity index (χ2n) is 9.72. The molecular formula is C27H28Cl3N3O4S. The standard InChI is InChI=1S/C27H28Cl3N3O4S/c1-32(2)16-20(34)9-18-10-24-25(33(15-18)38(36,37)21-6-3-5-19(28)13-21)11-17(14-31-24)12-26(35)27-22(29)7-4-8-23(27)30/h3-8,11,13-14,18,20,34H,9-10,12,15-16H2,1-2H3/t18-,20?/m1/s1. The summed E-state index contributed by atoms with van der Waals surface area (Å²) in [4.78, 5) is 19.5. The maximum absolute atomic E-state index is 13.8. The van der Waals surface area contributed by atoms with Gasteiger partial charge in [0.15, 0.2) is 5.78 Å². The fourth-order valence-corrected chi connectivity index (χ4v) is 7.19. The zero-order chi connectivity index (χ0) is 27.6. The van der Waals surface area contributed by atoms with Crippen LogP contribution in [0.3, 0.4) is 0 Å². The number of aromatic nitrogens is 1. The number of ketones is 1. The van der Waals surface area contributed by atoms with Crippen LogP contribution in [0.15, 0.2) is 59.6 Å². The Morgan fingerprint density at radius 2 is 1.82 bits per heavy atom. The number of hydrogen-bond acceptors (Lipinski definition) is 6. The molecule has 0 amide bonds. The van der Waals surface area contributed by atoms with Crippen molar-refractivity contribution in [2.24, 2.45) is 5.92 Å². The van der Waals surface area contributed by atoms with Gasteiger partial charge in [0.05, 0.1) is 38.0 Å². The lowest BCUT2D eigenvalue weighted by Gasteiger charge is -2.36. The van der Waals surface area contributed by atoms with Crippen LogP contribution in [0.1, 0.15) is 28.0 Å². The first-order valence-corrected chi connectivity index (χ1v) is 14.6. The third kappa shape index (κ3) is 6.50. The normalized spacial score (nSPS) is 16.4. The van der Waals surface area contributed by atoms with E-state index in [0.717, 1.165) is 0 Å². The molecular weight excluding hydrogens is 569 g/mol. The topological polar surface area (TPSA) is 90.8 Å². The molecule has 1 unspecified atom stereocenters. The second-order valence-corrected chi connectivity index (χ2v) is 12.8. The van der Waals surface area contributed by atoms with Crippen molar-refractivity contribution in [3.63, 3.8) is 0 Å². The number of Topliss-reactive ketones (excluding diaryl/α,β-unsaturated/α-hetero) is 1. The molecule has 0 aliphatic carbocycles. The fraction of sp³-hybridized carbons (Fsp3) is 0.333. The summed E-state index contributed by atoms with van der Waals surface area (Å²) in [6.45, 7) is 0.616. The number of halogens is 3. The number of fused-ring (bicyclic) bond motifs is 1. The van der Waals surface area contributed by atoms with Crippen LogP contribution >= 0.6 is 34.8 Å². The summed E-state index contributed by atoms with van der Waals surface area (Å²) in [5.74, 6) is -0.458. The number of nitrogens with zero attached hydrogens (tertiary/aromatic N) is 3. The SMILES string of the molecule is CN(C)CC(O)C[C@@H]1Cc2ncc(CC(=O)c3c(Cl)cccc3Cl)cc2N(S(=O)(=O)c2cccc(Cl)c2)C1. The van der Waals surface area contributed by atoms with Crippen LogP contribution in [0.25, 0.3) is 0 Å². The highest BCUT2D eigenvalue weighted by Crippen LogP contribution is 2.36. The van der Waals surface area contributed by atoms with Gasteiger partial charge in [-0.25, -0.2) is 8.42 Å². The van der Waals surface area contributed by atoms with Crippen molar-refractivity contribution in [1.82, 2.24) is 9.88 Å². The average molecular weight is 597 g/mol. The van der Waals surface area contributed by atoms with E-state index < -0.39 is 16.1 Å². The molecule has 1 N–H and O–H groups in total. The largest absolute Gasteiger partial charge is 0.392 e. The van der Waals surface area contributed by atoms with Gasteiger partial charge < -0.3 is 10.0 Å². The van der Waals surface area contributed by atoms with Crippen molar-refractivity contribution in [3.8, 4) is 0 Å². The molecule has 4 rings (SSSR count). The maximum atomic E-state index is 13.8. The van der Waals surface area contributed by atoms with Crippen LogP contribution < -0.4 is 4.31 Å². The molecule has 0 fully saturated rings. The monoisotopic (exact) mass is 595 g/mol. The Morgan fingerprint density at radius 1 is 1.13 bits per heavy atom. The molecule has 2 aromatic carbocycles. The van der Waals surface area contributed by atoms with E-state index in [1.807, 2.05) is 19.0 Å². The van der Waals surface area contributed by atoms with Crippen molar-refractivity contribution in [2.45, 2.75) is 30.3 Å². The highest BCUT2D eigenvalue weighted by atomic mass is 35.5. The quantitative estimate of drug-likeness (QED) is 0.344. The van der Waals surface area contributed by atoms with Crippen molar-refractivity contribution < 1.29 is 18.3 Å². The molecule has 0 bridgehead atoms.